The molecule has 0 aliphatic heterocycles. The van der Waals surface area contributed by atoms with Gasteiger partial charge in [-0.15, -0.1) is 0 Å². The minimum absolute atomic E-state index is 0.110. The first-order valence-corrected chi connectivity index (χ1v) is 6.89. The molecular formula is C12H7BrF3N3S. The van der Waals surface area contributed by atoms with Gasteiger partial charge in [-0.25, -0.2) is 0 Å². The molecule has 0 amide bonds. The number of nitriles is 1. The summed E-state index contributed by atoms with van der Waals surface area (Å²) < 4.78 is 43.2. The van der Waals surface area contributed by atoms with E-state index in [1.165, 1.54) is 12.1 Å². The highest BCUT2D eigenvalue weighted by Crippen LogP contribution is 2.39. The van der Waals surface area contributed by atoms with Gasteiger partial charge in [0.25, 0.3) is 0 Å². The Morgan fingerprint density at radius 2 is 2.10 bits per heavy atom. The van der Waals surface area contributed by atoms with Crippen molar-refractivity contribution in [3.63, 3.8) is 0 Å². The summed E-state index contributed by atoms with van der Waals surface area (Å²) in [5.41, 5.74) is -0.167. The van der Waals surface area contributed by atoms with E-state index in [9.17, 15) is 13.2 Å². The first-order valence-electron chi connectivity index (χ1n) is 5.33. The van der Waals surface area contributed by atoms with E-state index in [-0.39, 0.29) is 11.3 Å². The quantitative estimate of drug-likeness (QED) is 0.831. The predicted molar refractivity (Wildman–Crippen MR) is 74.0 cm³/mol. The molecule has 20 heavy (non-hydrogen) atoms. The van der Waals surface area contributed by atoms with Gasteiger partial charge in [-0.05, 0) is 36.7 Å². The largest absolute Gasteiger partial charge is 0.418 e. The van der Waals surface area contributed by atoms with Crippen molar-refractivity contribution in [3.8, 4) is 6.07 Å². The van der Waals surface area contributed by atoms with Crippen LogP contribution in [-0.2, 0) is 6.18 Å². The van der Waals surface area contributed by atoms with Crippen molar-refractivity contribution in [1.82, 2.24) is 4.37 Å². The van der Waals surface area contributed by atoms with Crippen molar-refractivity contribution in [3.05, 3.63) is 39.5 Å². The second kappa shape index (κ2) is 5.42. The molecule has 104 valence electrons. The molecule has 1 N–H and O–H groups in total. The van der Waals surface area contributed by atoms with Crippen molar-refractivity contribution < 1.29 is 13.2 Å². The highest BCUT2D eigenvalue weighted by Gasteiger charge is 2.34. The smallest absolute Gasteiger partial charge is 0.344 e. The number of aryl methyl sites for hydroxylation is 1. The fourth-order valence-corrected chi connectivity index (χ4v) is 2.69. The number of nitrogens with zero attached hydrogens (tertiary/aromatic N) is 2. The van der Waals surface area contributed by atoms with Crippen LogP contribution in [0.2, 0.25) is 0 Å². The summed E-state index contributed by atoms with van der Waals surface area (Å²) in [5.74, 6) is 0. The molecule has 0 radical (unpaired) electrons. The number of alkyl halides is 3. The van der Waals surface area contributed by atoms with Crippen LogP contribution in [0.15, 0.2) is 22.7 Å². The van der Waals surface area contributed by atoms with Crippen molar-refractivity contribution >= 4 is 38.2 Å². The van der Waals surface area contributed by atoms with Gasteiger partial charge >= 0.3 is 6.18 Å². The van der Waals surface area contributed by atoms with E-state index in [0.29, 0.717) is 15.2 Å². The fraction of sp³-hybridized carbons (Fsp3) is 0.167. The normalized spacial score (nSPS) is 11.2. The Bertz CT molecular complexity index is 688. The van der Waals surface area contributed by atoms with Crippen LogP contribution in [0.25, 0.3) is 0 Å². The maximum absolute atomic E-state index is 13.0. The molecule has 0 aliphatic carbocycles. The molecule has 8 heteroatoms. The number of hydrogen-bond donors (Lipinski definition) is 1. The topological polar surface area (TPSA) is 48.7 Å². The van der Waals surface area contributed by atoms with Crippen molar-refractivity contribution in [2.24, 2.45) is 0 Å². The third-order valence-corrected chi connectivity index (χ3v) is 3.86. The van der Waals surface area contributed by atoms with E-state index in [2.05, 4.69) is 25.6 Å². The molecule has 0 atom stereocenters. The van der Waals surface area contributed by atoms with Gasteiger partial charge in [-0.2, -0.15) is 22.8 Å². The van der Waals surface area contributed by atoms with Crippen LogP contribution in [0, 0.1) is 18.3 Å². The summed E-state index contributed by atoms with van der Waals surface area (Å²) in [7, 11) is 0. The Morgan fingerprint density at radius 3 is 2.70 bits per heavy atom. The maximum atomic E-state index is 13.0. The molecule has 0 aliphatic rings. The Labute approximate surface area is 125 Å². The molecule has 0 saturated heterocycles. The molecule has 0 spiro atoms. The van der Waals surface area contributed by atoms with E-state index in [1.54, 1.807) is 6.92 Å². The summed E-state index contributed by atoms with van der Waals surface area (Å²) in [6.07, 6.45) is -4.49. The van der Waals surface area contributed by atoms with Gasteiger partial charge in [-0.1, -0.05) is 15.9 Å². The first kappa shape index (κ1) is 14.8. The van der Waals surface area contributed by atoms with Gasteiger partial charge in [0.15, 0.2) is 0 Å². The van der Waals surface area contributed by atoms with E-state index >= 15 is 0 Å². The third-order valence-electron chi connectivity index (χ3n) is 2.51. The van der Waals surface area contributed by atoms with E-state index < -0.39 is 11.7 Å². The fourth-order valence-electron chi connectivity index (χ4n) is 1.57. The Balaban J connectivity index is 2.47. The number of hydrogen-bond acceptors (Lipinski definition) is 4. The van der Waals surface area contributed by atoms with Crippen LogP contribution < -0.4 is 5.32 Å². The molecule has 1 aromatic carbocycles. The maximum Gasteiger partial charge on any atom is 0.418 e. The van der Waals surface area contributed by atoms with Crippen LogP contribution in [0.3, 0.4) is 0 Å². The lowest BCUT2D eigenvalue weighted by Crippen LogP contribution is -2.08. The second-order valence-corrected chi connectivity index (χ2v) is 5.59. The molecular weight excluding hydrogens is 355 g/mol. The van der Waals surface area contributed by atoms with Gasteiger partial charge in [-0.3, -0.25) is 0 Å². The lowest BCUT2D eigenvalue weighted by Gasteiger charge is -2.14. The number of anilines is 2. The minimum atomic E-state index is -4.49. The Kier molecular flexibility index (Phi) is 4.01. The first-order chi connectivity index (χ1) is 9.32. The summed E-state index contributed by atoms with van der Waals surface area (Å²) in [5, 5.41) is 11.9. The number of rotatable bonds is 2. The van der Waals surface area contributed by atoms with Crippen LogP contribution >= 0.6 is 27.5 Å². The standard InChI is InChI=1S/C12H7BrF3N3S/c1-6-8(5-17)11(20-19-6)18-10-3-2-7(13)4-9(10)12(14,15)16/h2-4,18H,1H3. The van der Waals surface area contributed by atoms with E-state index in [1.807, 2.05) is 6.07 Å². The Hall–Kier alpha value is -1.59. The van der Waals surface area contributed by atoms with Crippen molar-refractivity contribution in [1.29, 1.82) is 5.26 Å². The monoisotopic (exact) mass is 361 g/mol. The van der Waals surface area contributed by atoms with Gasteiger partial charge in [0.2, 0.25) is 0 Å². The average molecular weight is 362 g/mol. The lowest BCUT2D eigenvalue weighted by atomic mass is 10.1. The molecule has 2 aromatic rings. The molecule has 2 rings (SSSR count). The van der Waals surface area contributed by atoms with E-state index in [0.717, 1.165) is 17.6 Å². The number of benzene rings is 1. The zero-order valence-electron chi connectivity index (χ0n) is 10.0. The zero-order chi connectivity index (χ0) is 14.9. The van der Waals surface area contributed by atoms with Crippen LogP contribution in [0.5, 0.6) is 0 Å². The van der Waals surface area contributed by atoms with Crippen molar-refractivity contribution in [2.45, 2.75) is 13.1 Å². The molecule has 1 aromatic heterocycles. The highest BCUT2D eigenvalue weighted by molar-refractivity contribution is 9.10. The average Bonchev–Trinajstić information content (AvgIpc) is 2.71. The second-order valence-electron chi connectivity index (χ2n) is 3.90. The molecule has 0 fully saturated rings. The predicted octanol–water partition coefficient (Wildman–Crippen LogP) is 4.85. The molecule has 0 saturated carbocycles. The lowest BCUT2D eigenvalue weighted by molar-refractivity contribution is -0.137. The van der Waals surface area contributed by atoms with Crippen LogP contribution in [-0.4, -0.2) is 4.37 Å². The van der Waals surface area contributed by atoms with Gasteiger partial charge in [0, 0.05) is 4.47 Å². The van der Waals surface area contributed by atoms with Crippen molar-refractivity contribution in [2.75, 3.05) is 5.32 Å². The summed E-state index contributed by atoms with van der Waals surface area (Å²) in [6, 6.07) is 5.72. The van der Waals surface area contributed by atoms with Crippen LogP contribution in [0.4, 0.5) is 23.9 Å². The minimum Gasteiger partial charge on any atom is -0.344 e. The van der Waals surface area contributed by atoms with Crippen LogP contribution in [0.1, 0.15) is 16.8 Å². The zero-order valence-corrected chi connectivity index (χ0v) is 12.4. The summed E-state index contributed by atoms with van der Waals surface area (Å²) in [4.78, 5) is 0. The molecule has 0 bridgehead atoms. The number of nitrogens with one attached hydrogen (secondary N) is 1. The summed E-state index contributed by atoms with van der Waals surface area (Å²) >= 11 is 3.97. The molecule has 3 nitrogen and oxygen atoms in total. The highest BCUT2D eigenvalue weighted by atomic mass is 79.9. The Morgan fingerprint density at radius 1 is 1.40 bits per heavy atom. The number of halogens is 4. The SMILES string of the molecule is Cc1nsc(Nc2ccc(Br)cc2C(F)(F)F)c1C#N. The summed E-state index contributed by atoms with van der Waals surface area (Å²) in [6.45, 7) is 1.63. The van der Waals surface area contributed by atoms with E-state index in [4.69, 9.17) is 5.26 Å². The van der Waals surface area contributed by atoms with Gasteiger partial charge in [0.1, 0.15) is 16.6 Å². The third kappa shape index (κ3) is 2.94. The van der Waals surface area contributed by atoms with Gasteiger partial charge < -0.3 is 5.32 Å². The molecule has 0 unspecified atom stereocenters. The number of aromatic nitrogens is 1. The van der Waals surface area contributed by atoms with Gasteiger partial charge in [0.05, 0.1) is 16.9 Å². The molecule has 1 heterocycles.